The molecular weight excluding hydrogens is 268 g/mol. The summed E-state index contributed by atoms with van der Waals surface area (Å²) in [5.41, 5.74) is 1.49. The summed E-state index contributed by atoms with van der Waals surface area (Å²) in [5, 5.41) is 11.6. The fourth-order valence-corrected chi connectivity index (χ4v) is 2.52. The molecule has 1 aromatic rings. The summed E-state index contributed by atoms with van der Waals surface area (Å²) in [4.78, 5) is 0. The average molecular weight is 273 g/mol. The third kappa shape index (κ3) is 1.51. The van der Waals surface area contributed by atoms with Gasteiger partial charge >= 0.3 is 0 Å². The van der Waals surface area contributed by atoms with Crippen molar-refractivity contribution in [2.75, 3.05) is 0 Å². The Labute approximate surface area is 101 Å². The number of nitrogens with zero attached hydrogens (tertiary/aromatic N) is 1. The zero-order valence-corrected chi connectivity index (χ0v) is 9.84. The topological polar surface area (TPSA) is 23.5 Å². The van der Waals surface area contributed by atoms with Crippen molar-refractivity contribution >= 4 is 46.4 Å². The highest BCUT2D eigenvalue weighted by Gasteiger charge is 2.27. The van der Waals surface area contributed by atoms with Gasteiger partial charge in [0.1, 0.15) is 0 Å². The summed E-state index contributed by atoms with van der Waals surface area (Å²) >= 11 is 23.7. The molecule has 0 saturated heterocycles. The molecule has 1 heterocycles. The zero-order valence-electron chi connectivity index (χ0n) is 6.82. The molecule has 2 rings (SSSR count). The Morgan fingerprint density at radius 2 is 1.14 bits per heavy atom. The van der Waals surface area contributed by atoms with Crippen LogP contribution in [-0.4, -0.2) is 10.3 Å². The highest BCUT2D eigenvalue weighted by Crippen LogP contribution is 2.44. The van der Waals surface area contributed by atoms with E-state index in [1.807, 2.05) is 0 Å². The molecule has 14 heavy (non-hydrogen) atoms. The lowest BCUT2D eigenvalue weighted by atomic mass is 10.1. The molecule has 0 aromatic heterocycles. The van der Waals surface area contributed by atoms with Gasteiger partial charge in [0.2, 0.25) is 0 Å². The second-order valence-corrected chi connectivity index (χ2v) is 4.55. The van der Waals surface area contributed by atoms with Crippen LogP contribution >= 0.6 is 46.4 Å². The van der Waals surface area contributed by atoms with Crippen molar-refractivity contribution in [1.29, 1.82) is 0 Å². The number of rotatable bonds is 0. The van der Waals surface area contributed by atoms with Crippen LogP contribution in [0.15, 0.2) is 0 Å². The van der Waals surface area contributed by atoms with Crippen LogP contribution in [0, 0.1) is 0 Å². The summed E-state index contributed by atoms with van der Waals surface area (Å²) < 4.78 is 0. The van der Waals surface area contributed by atoms with Gasteiger partial charge in [0.15, 0.2) is 0 Å². The molecule has 76 valence electrons. The summed E-state index contributed by atoms with van der Waals surface area (Å²) in [7, 11) is 0. The Balaban J connectivity index is 2.70. The molecule has 0 bridgehead atoms. The van der Waals surface area contributed by atoms with Crippen LogP contribution in [0.5, 0.6) is 0 Å². The highest BCUT2D eigenvalue weighted by atomic mass is 35.5. The molecular formula is C8H5Cl4NO. The van der Waals surface area contributed by atoms with Gasteiger partial charge in [-0.25, -0.2) is 0 Å². The molecule has 1 aromatic carbocycles. The monoisotopic (exact) mass is 271 g/mol. The van der Waals surface area contributed by atoms with Gasteiger partial charge in [-0.3, -0.25) is 0 Å². The molecule has 0 spiro atoms. The van der Waals surface area contributed by atoms with Gasteiger partial charge in [0.25, 0.3) is 0 Å². The maximum absolute atomic E-state index is 9.31. The van der Waals surface area contributed by atoms with Crippen LogP contribution in [0.1, 0.15) is 11.1 Å². The number of fused-ring (bicyclic) bond motifs is 1. The molecule has 0 fully saturated rings. The smallest absolute Gasteiger partial charge is 0.0797 e. The minimum atomic E-state index is 0.243. The zero-order chi connectivity index (χ0) is 10.5. The second kappa shape index (κ2) is 3.71. The van der Waals surface area contributed by atoms with Gasteiger partial charge in [-0.2, -0.15) is 5.06 Å². The number of hydrogen-bond acceptors (Lipinski definition) is 2. The van der Waals surface area contributed by atoms with E-state index < -0.39 is 0 Å². The van der Waals surface area contributed by atoms with E-state index in [0.29, 0.717) is 23.1 Å². The van der Waals surface area contributed by atoms with E-state index >= 15 is 0 Å². The van der Waals surface area contributed by atoms with Gasteiger partial charge in [0, 0.05) is 0 Å². The molecule has 0 amide bonds. The maximum Gasteiger partial charge on any atom is 0.0797 e. The lowest BCUT2D eigenvalue weighted by molar-refractivity contribution is -0.0969. The van der Waals surface area contributed by atoms with Crippen molar-refractivity contribution in [2.24, 2.45) is 0 Å². The van der Waals surface area contributed by atoms with Crippen LogP contribution in [0.25, 0.3) is 0 Å². The van der Waals surface area contributed by atoms with Crippen LogP contribution < -0.4 is 0 Å². The lowest BCUT2D eigenvalue weighted by Gasteiger charge is -2.08. The molecule has 0 unspecified atom stereocenters. The Morgan fingerprint density at radius 1 is 0.786 bits per heavy atom. The Hall–Kier alpha value is 0.300. The Morgan fingerprint density at radius 3 is 1.50 bits per heavy atom. The third-order valence-electron chi connectivity index (χ3n) is 2.15. The first-order valence-corrected chi connectivity index (χ1v) is 5.31. The van der Waals surface area contributed by atoms with E-state index in [1.165, 1.54) is 0 Å². The standard InChI is InChI=1S/C8H5Cl4NO/c9-5-3-1-13(14)2-4(3)6(10)8(12)7(5)11/h14H,1-2H2. The number of hydroxylamine groups is 2. The number of benzene rings is 1. The van der Waals surface area contributed by atoms with E-state index in [9.17, 15) is 5.21 Å². The molecule has 0 saturated carbocycles. The van der Waals surface area contributed by atoms with Gasteiger partial charge in [-0.1, -0.05) is 46.4 Å². The second-order valence-electron chi connectivity index (χ2n) is 3.04. The van der Waals surface area contributed by atoms with E-state index in [4.69, 9.17) is 46.4 Å². The normalized spacial score (nSPS) is 16.1. The van der Waals surface area contributed by atoms with Crippen LogP contribution in [0.3, 0.4) is 0 Å². The molecule has 6 heteroatoms. The minimum Gasteiger partial charge on any atom is -0.313 e. The van der Waals surface area contributed by atoms with E-state index in [-0.39, 0.29) is 10.0 Å². The van der Waals surface area contributed by atoms with Gasteiger partial charge < -0.3 is 5.21 Å². The molecule has 0 aliphatic carbocycles. The summed E-state index contributed by atoms with van der Waals surface area (Å²) in [5.74, 6) is 0. The van der Waals surface area contributed by atoms with Crippen molar-refractivity contribution in [3.8, 4) is 0 Å². The SMILES string of the molecule is ON1Cc2c(Cl)c(Cl)c(Cl)c(Cl)c2C1. The highest BCUT2D eigenvalue weighted by molar-refractivity contribution is 6.52. The third-order valence-corrected chi connectivity index (χ3v) is 4.03. The summed E-state index contributed by atoms with van der Waals surface area (Å²) in [6.07, 6.45) is 0. The maximum atomic E-state index is 9.31. The van der Waals surface area contributed by atoms with Crippen LogP contribution in [0.2, 0.25) is 20.1 Å². The predicted molar refractivity (Wildman–Crippen MR) is 57.5 cm³/mol. The van der Waals surface area contributed by atoms with Crippen molar-refractivity contribution in [2.45, 2.75) is 13.1 Å². The summed E-state index contributed by atoms with van der Waals surface area (Å²) in [6.45, 7) is 0.648. The van der Waals surface area contributed by atoms with Crippen LogP contribution in [0.4, 0.5) is 0 Å². The molecule has 0 radical (unpaired) electrons. The molecule has 1 aliphatic heterocycles. The average Bonchev–Trinajstić information content (AvgIpc) is 2.54. The summed E-state index contributed by atoms with van der Waals surface area (Å²) in [6, 6.07) is 0. The van der Waals surface area contributed by atoms with Gasteiger partial charge in [-0.15, -0.1) is 0 Å². The first-order valence-electron chi connectivity index (χ1n) is 3.80. The van der Waals surface area contributed by atoms with Crippen molar-refractivity contribution < 1.29 is 5.21 Å². The van der Waals surface area contributed by atoms with E-state index in [2.05, 4.69) is 0 Å². The molecule has 1 aliphatic rings. The van der Waals surface area contributed by atoms with Crippen molar-refractivity contribution in [1.82, 2.24) is 5.06 Å². The minimum absolute atomic E-state index is 0.243. The van der Waals surface area contributed by atoms with Gasteiger partial charge in [0.05, 0.1) is 33.2 Å². The van der Waals surface area contributed by atoms with Crippen LogP contribution in [-0.2, 0) is 13.1 Å². The van der Waals surface area contributed by atoms with Gasteiger partial charge in [-0.05, 0) is 11.1 Å². The van der Waals surface area contributed by atoms with Crippen molar-refractivity contribution in [3.05, 3.63) is 31.2 Å². The predicted octanol–water partition coefficient (Wildman–Crippen LogP) is 4.01. The fraction of sp³-hybridized carbons (Fsp3) is 0.250. The first-order chi connectivity index (χ1) is 6.52. The number of hydrogen-bond donors (Lipinski definition) is 1. The molecule has 0 atom stereocenters. The molecule has 2 nitrogen and oxygen atoms in total. The largest absolute Gasteiger partial charge is 0.313 e. The van der Waals surface area contributed by atoms with Crippen molar-refractivity contribution in [3.63, 3.8) is 0 Å². The quantitative estimate of drug-likeness (QED) is 0.570. The lowest BCUT2D eigenvalue weighted by Crippen LogP contribution is -2.08. The first kappa shape index (κ1) is 10.8. The van der Waals surface area contributed by atoms with E-state index in [0.717, 1.165) is 16.2 Å². The molecule has 1 N–H and O–H groups in total. The number of halogens is 4. The van der Waals surface area contributed by atoms with E-state index in [1.54, 1.807) is 0 Å². The fourth-order valence-electron chi connectivity index (χ4n) is 1.47. The Kier molecular flexibility index (Phi) is 2.86. The Bertz CT molecular complexity index is 370.